The van der Waals surface area contributed by atoms with Gasteiger partial charge >= 0.3 is 11.7 Å². The average molecular weight is 269 g/mol. The van der Waals surface area contributed by atoms with Crippen LogP contribution in [0.1, 0.15) is 23.2 Å². The number of esters is 1. The zero-order valence-electron chi connectivity index (χ0n) is 10.0. The van der Waals surface area contributed by atoms with Crippen LogP contribution in [0.2, 0.25) is 0 Å². The molecule has 1 aliphatic heterocycles. The van der Waals surface area contributed by atoms with E-state index in [0.717, 1.165) is 12.1 Å². The minimum Gasteiger partial charge on any atom is -0.459 e. The van der Waals surface area contributed by atoms with Gasteiger partial charge < -0.3 is 9.47 Å². The molecule has 1 aliphatic rings. The van der Waals surface area contributed by atoms with Crippen molar-refractivity contribution in [3.05, 3.63) is 39.7 Å². The first-order valence-electron chi connectivity index (χ1n) is 5.80. The van der Waals surface area contributed by atoms with Gasteiger partial charge in [-0.25, -0.2) is 4.79 Å². The van der Waals surface area contributed by atoms with E-state index in [1.165, 1.54) is 6.07 Å². The normalized spacial score (nSPS) is 16.1. The number of nitro benzene ring substituents is 1. The summed E-state index contributed by atoms with van der Waals surface area (Å²) in [4.78, 5) is 21.5. The Morgan fingerprint density at radius 1 is 1.42 bits per heavy atom. The predicted molar refractivity (Wildman–Crippen MR) is 62.3 cm³/mol. The van der Waals surface area contributed by atoms with Gasteiger partial charge in [0, 0.05) is 18.9 Å². The Hall–Kier alpha value is -2.02. The van der Waals surface area contributed by atoms with Gasteiger partial charge in [0.2, 0.25) is 5.82 Å². The number of halogens is 1. The van der Waals surface area contributed by atoms with Crippen molar-refractivity contribution >= 4 is 11.7 Å². The number of carbonyl (C=O) groups excluding carboxylic acids is 1. The Balaban J connectivity index is 2.10. The molecular weight excluding hydrogens is 257 g/mol. The molecule has 0 atom stereocenters. The molecule has 102 valence electrons. The lowest BCUT2D eigenvalue weighted by Gasteiger charge is -2.22. The summed E-state index contributed by atoms with van der Waals surface area (Å²) in [5, 5.41) is 10.6. The maximum Gasteiger partial charge on any atom is 0.338 e. The highest BCUT2D eigenvalue weighted by Crippen LogP contribution is 2.20. The summed E-state index contributed by atoms with van der Waals surface area (Å²) in [6.07, 6.45) is 0.926. The molecule has 0 aromatic heterocycles. The monoisotopic (exact) mass is 269 g/mol. The lowest BCUT2D eigenvalue weighted by molar-refractivity contribution is -0.387. The van der Waals surface area contributed by atoms with E-state index in [-0.39, 0.29) is 11.7 Å². The van der Waals surface area contributed by atoms with Gasteiger partial charge in [-0.3, -0.25) is 10.1 Å². The number of carbonyl (C=O) groups is 1. The Morgan fingerprint density at radius 3 is 2.74 bits per heavy atom. The number of hydrogen-bond donors (Lipinski definition) is 0. The van der Waals surface area contributed by atoms with Crippen molar-refractivity contribution in [3.8, 4) is 0 Å². The average Bonchev–Trinajstić information content (AvgIpc) is 2.40. The molecule has 2 rings (SSSR count). The highest BCUT2D eigenvalue weighted by atomic mass is 19.1. The van der Waals surface area contributed by atoms with Gasteiger partial charge in [0.05, 0.1) is 23.7 Å². The summed E-state index contributed by atoms with van der Waals surface area (Å²) in [6.45, 7) is 1.03. The first kappa shape index (κ1) is 13.4. The van der Waals surface area contributed by atoms with E-state index in [0.29, 0.717) is 26.1 Å². The van der Waals surface area contributed by atoms with Gasteiger partial charge in [0.15, 0.2) is 0 Å². The standard InChI is InChI=1S/C12H12FNO5/c13-10-2-1-8(7-11(10)14(16)17)12(15)19-9-3-5-18-6-4-9/h1-2,7,9H,3-6H2. The topological polar surface area (TPSA) is 78.7 Å². The van der Waals surface area contributed by atoms with Crippen molar-refractivity contribution < 1.29 is 23.6 Å². The lowest BCUT2D eigenvalue weighted by Crippen LogP contribution is -2.26. The van der Waals surface area contributed by atoms with Crippen LogP contribution in [-0.2, 0) is 9.47 Å². The molecule has 0 spiro atoms. The third-order valence-corrected chi connectivity index (χ3v) is 2.82. The van der Waals surface area contributed by atoms with E-state index in [1.54, 1.807) is 0 Å². The van der Waals surface area contributed by atoms with Gasteiger partial charge in [-0.05, 0) is 12.1 Å². The maximum absolute atomic E-state index is 13.1. The molecule has 1 aromatic carbocycles. The quantitative estimate of drug-likeness (QED) is 0.477. The minimum atomic E-state index is -0.979. The van der Waals surface area contributed by atoms with Crippen molar-refractivity contribution in [3.63, 3.8) is 0 Å². The van der Waals surface area contributed by atoms with Crippen LogP contribution in [0.3, 0.4) is 0 Å². The number of hydrogen-bond acceptors (Lipinski definition) is 5. The summed E-state index contributed by atoms with van der Waals surface area (Å²) in [7, 11) is 0. The zero-order valence-corrected chi connectivity index (χ0v) is 10.0. The number of nitrogens with zero attached hydrogens (tertiary/aromatic N) is 1. The van der Waals surface area contributed by atoms with E-state index < -0.39 is 22.4 Å². The third kappa shape index (κ3) is 3.25. The molecule has 1 aromatic rings. The van der Waals surface area contributed by atoms with Crippen LogP contribution in [0, 0.1) is 15.9 Å². The van der Waals surface area contributed by atoms with Crippen molar-refractivity contribution in [2.24, 2.45) is 0 Å². The highest BCUT2D eigenvalue weighted by Gasteiger charge is 2.22. The largest absolute Gasteiger partial charge is 0.459 e. The molecule has 0 radical (unpaired) electrons. The summed E-state index contributed by atoms with van der Waals surface area (Å²) < 4.78 is 23.4. The fraction of sp³-hybridized carbons (Fsp3) is 0.417. The second-order valence-electron chi connectivity index (χ2n) is 4.14. The predicted octanol–water partition coefficient (Wildman–Crippen LogP) is 2.07. The van der Waals surface area contributed by atoms with Crippen LogP contribution >= 0.6 is 0 Å². The van der Waals surface area contributed by atoms with E-state index in [4.69, 9.17) is 9.47 Å². The highest BCUT2D eigenvalue weighted by molar-refractivity contribution is 5.90. The van der Waals surface area contributed by atoms with E-state index in [1.807, 2.05) is 0 Å². The molecule has 0 aliphatic carbocycles. The van der Waals surface area contributed by atoms with Crippen molar-refractivity contribution in [1.29, 1.82) is 0 Å². The second-order valence-corrected chi connectivity index (χ2v) is 4.14. The fourth-order valence-corrected chi connectivity index (χ4v) is 1.79. The SMILES string of the molecule is O=C(OC1CCOCC1)c1ccc(F)c([N+](=O)[O-])c1. The lowest BCUT2D eigenvalue weighted by atomic mass is 10.1. The van der Waals surface area contributed by atoms with Crippen molar-refractivity contribution in [1.82, 2.24) is 0 Å². The Bertz CT molecular complexity index is 499. The third-order valence-electron chi connectivity index (χ3n) is 2.82. The van der Waals surface area contributed by atoms with Crippen LogP contribution in [0.15, 0.2) is 18.2 Å². The summed E-state index contributed by atoms with van der Waals surface area (Å²) in [5.74, 6) is -1.66. The molecule has 0 amide bonds. The molecular formula is C12H12FNO5. The number of ether oxygens (including phenoxy) is 2. The molecule has 0 saturated carbocycles. The van der Waals surface area contributed by atoms with E-state index in [2.05, 4.69) is 0 Å². The summed E-state index contributed by atoms with van der Waals surface area (Å²) in [6, 6.07) is 2.94. The van der Waals surface area contributed by atoms with Crippen LogP contribution in [0.25, 0.3) is 0 Å². The van der Waals surface area contributed by atoms with Crippen molar-refractivity contribution in [2.45, 2.75) is 18.9 Å². The molecule has 0 unspecified atom stereocenters. The molecule has 1 fully saturated rings. The van der Waals surface area contributed by atoms with Gasteiger partial charge in [0.1, 0.15) is 6.10 Å². The first-order valence-corrected chi connectivity index (χ1v) is 5.80. The molecule has 1 heterocycles. The van der Waals surface area contributed by atoms with Crippen LogP contribution in [-0.4, -0.2) is 30.2 Å². The second kappa shape index (κ2) is 5.75. The molecule has 7 heteroatoms. The molecule has 0 N–H and O–H groups in total. The van der Waals surface area contributed by atoms with Crippen molar-refractivity contribution in [2.75, 3.05) is 13.2 Å². The summed E-state index contributed by atoms with van der Waals surface area (Å²) in [5.41, 5.74) is -0.763. The van der Waals surface area contributed by atoms with Gasteiger partial charge in [0.25, 0.3) is 0 Å². The van der Waals surface area contributed by atoms with E-state index in [9.17, 15) is 19.3 Å². The Kier molecular flexibility index (Phi) is 4.06. The first-order chi connectivity index (χ1) is 9.08. The summed E-state index contributed by atoms with van der Waals surface area (Å²) >= 11 is 0. The molecule has 6 nitrogen and oxygen atoms in total. The van der Waals surface area contributed by atoms with Crippen LogP contribution in [0.4, 0.5) is 10.1 Å². The van der Waals surface area contributed by atoms with Gasteiger partial charge in [-0.15, -0.1) is 0 Å². The zero-order chi connectivity index (χ0) is 13.8. The van der Waals surface area contributed by atoms with Crippen LogP contribution in [0.5, 0.6) is 0 Å². The smallest absolute Gasteiger partial charge is 0.338 e. The van der Waals surface area contributed by atoms with Gasteiger partial charge in [-0.2, -0.15) is 4.39 Å². The number of benzene rings is 1. The Morgan fingerprint density at radius 2 is 2.11 bits per heavy atom. The molecule has 19 heavy (non-hydrogen) atoms. The number of rotatable bonds is 3. The van der Waals surface area contributed by atoms with E-state index >= 15 is 0 Å². The maximum atomic E-state index is 13.1. The Labute approximate surface area is 108 Å². The van der Waals surface area contributed by atoms with Crippen LogP contribution < -0.4 is 0 Å². The molecule has 0 bridgehead atoms. The minimum absolute atomic E-state index is 0.0282. The number of nitro groups is 1. The fourth-order valence-electron chi connectivity index (χ4n) is 1.79. The molecule has 1 saturated heterocycles. The van der Waals surface area contributed by atoms with Gasteiger partial charge in [-0.1, -0.05) is 0 Å².